The third kappa shape index (κ3) is 6.51. The molecule has 0 spiro atoms. The van der Waals surface area contributed by atoms with Crippen LogP contribution < -0.4 is 9.64 Å². The Morgan fingerprint density at radius 2 is 1.81 bits per heavy atom. The molecule has 36 heavy (non-hydrogen) atoms. The molecule has 1 unspecified atom stereocenters. The van der Waals surface area contributed by atoms with E-state index in [0.29, 0.717) is 38.5 Å². The second-order valence-corrected chi connectivity index (χ2v) is 8.61. The molecule has 1 N–H and O–H groups in total. The van der Waals surface area contributed by atoms with Gasteiger partial charge in [-0.2, -0.15) is 8.78 Å². The average molecular weight is 502 g/mol. The van der Waals surface area contributed by atoms with Crippen molar-refractivity contribution in [1.29, 1.82) is 0 Å². The molecule has 2 aromatic carbocycles. The number of aromatic nitrogens is 2. The van der Waals surface area contributed by atoms with E-state index < -0.39 is 17.9 Å². The average Bonchev–Trinajstić information content (AvgIpc) is 2.84. The van der Waals surface area contributed by atoms with Crippen LogP contribution in [0.15, 0.2) is 54.9 Å². The first-order valence-electron chi connectivity index (χ1n) is 11.5. The number of hydrogen-bond acceptors (Lipinski definition) is 6. The van der Waals surface area contributed by atoms with Gasteiger partial charge in [0.05, 0.1) is 31.4 Å². The molecular formula is C26H26F3N3O4. The van der Waals surface area contributed by atoms with Gasteiger partial charge in [0.15, 0.2) is 11.6 Å². The number of aryl methyl sites for hydroxylation is 2. The minimum absolute atomic E-state index is 0.0287. The van der Waals surface area contributed by atoms with Crippen LogP contribution in [0.4, 0.5) is 19.0 Å². The summed E-state index contributed by atoms with van der Waals surface area (Å²) in [6, 6.07) is 13.0. The van der Waals surface area contributed by atoms with Crippen molar-refractivity contribution in [2.75, 3.05) is 24.7 Å². The predicted octanol–water partition coefficient (Wildman–Crippen LogP) is 4.60. The zero-order valence-electron chi connectivity index (χ0n) is 19.7. The van der Waals surface area contributed by atoms with Crippen molar-refractivity contribution in [2.24, 2.45) is 0 Å². The summed E-state index contributed by atoms with van der Waals surface area (Å²) in [6.45, 7) is 1.74. The van der Waals surface area contributed by atoms with Gasteiger partial charge in [0.1, 0.15) is 12.1 Å². The third-order valence-corrected chi connectivity index (χ3v) is 5.83. The number of morpholine rings is 1. The summed E-state index contributed by atoms with van der Waals surface area (Å²) in [7, 11) is 0. The van der Waals surface area contributed by atoms with Gasteiger partial charge in [-0.25, -0.2) is 14.4 Å². The molecule has 1 atom stereocenters. The van der Waals surface area contributed by atoms with Crippen molar-refractivity contribution in [3.05, 3.63) is 83.1 Å². The molecule has 0 amide bonds. The van der Waals surface area contributed by atoms with E-state index in [4.69, 9.17) is 9.84 Å². The summed E-state index contributed by atoms with van der Waals surface area (Å²) >= 11 is 0. The fourth-order valence-corrected chi connectivity index (χ4v) is 4.13. The lowest BCUT2D eigenvalue weighted by Gasteiger charge is -2.37. The number of anilines is 1. The summed E-state index contributed by atoms with van der Waals surface area (Å²) in [4.78, 5) is 21.0. The SMILES string of the molecule is CC(F)(F)Oc1ccc(C2COCCN2c2ncnc(CCc3ccc(CC(=O)O)cc3)c2F)cc1. The smallest absolute Gasteiger partial charge is 0.394 e. The number of carbonyl (C=O) groups is 1. The number of hydrogen-bond donors (Lipinski definition) is 1. The van der Waals surface area contributed by atoms with Crippen molar-refractivity contribution in [1.82, 2.24) is 9.97 Å². The van der Waals surface area contributed by atoms with Crippen LogP contribution in [0.3, 0.4) is 0 Å². The van der Waals surface area contributed by atoms with Crippen LogP contribution in [0.25, 0.3) is 0 Å². The van der Waals surface area contributed by atoms with E-state index in [1.807, 2.05) is 12.1 Å². The Hall–Kier alpha value is -3.66. The Morgan fingerprint density at radius 3 is 2.47 bits per heavy atom. The fourth-order valence-electron chi connectivity index (χ4n) is 4.13. The first-order valence-corrected chi connectivity index (χ1v) is 11.5. The Morgan fingerprint density at radius 1 is 1.11 bits per heavy atom. The molecule has 1 aliphatic rings. The number of rotatable bonds is 9. The molecular weight excluding hydrogens is 475 g/mol. The van der Waals surface area contributed by atoms with Crippen LogP contribution in [0, 0.1) is 5.82 Å². The molecule has 0 bridgehead atoms. The van der Waals surface area contributed by atoms with E-state index >= 15 is 4.39 Å². The molecule has 4 rings (SSSR count). The molecule has 1 aromatic heterocycles. The zero-order chi connectivity index (χ0) is 25.7. The van der Waals surface area contributed by atoms with Crippen LogP contribution in [0.2, 0.25) is 0 Å². The monoisotopic (exact) mass is 501 g/mol. The van der Waals surface area contributed by atoms with Gasteiger partial charge in [0.25, 0.3) is 0 Å². The van der Waals surface area contributed by atoms with E-state index in [1.165, 1.54) is 18.5 Å². The quantitative estimate of drug-likeness (QED) is 0.459. The number of carboxylic acid groups (broad SMARTS) is 1. The Bertz CT molecular complexity index is 1180. The Labute approximate surface area is 206 Å². The third-order valence-electron chi connectivity index (χ3n) is 5.83. The number of ether oxygens (including phenoxy) is 2. The van der Waals surface area contributed by atoms with Crippen LogP contribution >= 0.6 is 0 Å². The minimum Gasteiger partial charge on any atom is -0.481 e. The number of alkyl halides is 2. The van der Waals surface area contributed by atoms with Gasteiger partial charge in [-0.05, 0) is 41.7 Å². The highest BCUT2D eigenvalue weighted by molar-refractivity contribution is 5.70. The van der Waals surface area contributed by atoms with Gasteiger partial charge >= 0.3 is 12.1 Å². The topological polar surface area (TPSA) is 84.8 Å². The van der Waals surface area contributed by atoms with Crippen molar-refractivity contribution < 1.29 is 32.5 Å². The molecule has 0 aliphatic carbocycles. The maximum absolute atomic E-state index is 15.5. The van der Waals surface area contributed by atoms with Crippen LogP contribution in [0.1, 0.15) is 35.3 Å². The zero-order valence-corrected chi connectivity index (χ0v) is 19.7. The molecule has 10 heteroatoms. The number of aliphatic carboxylic acids is 1. The van der Waals surface area contributed by atoms with E-state index in [1.54, 1.807) is 29.2 Å². The van der Waals surface area contributed by atoms with Gasteiger partial charge in [0.2, 0.25) is 0 Å². The fraction of sp³-hybridized carbons (Fsp3) is 0.346. The highest BCUT2D eigenvalue weighted by atomic mass is 19.3. The van der Waals surface area contributed by atoms with Gasteiger partial charge in [-0.3, -0.25) is 4.79 Å². The minimum atomic E-state index is -3.29. The van der Waals surface area contributed by atoms with Crippen LogP contribution in [-0.4, -0.2) is 46.9 Å². The maximum atomic E-state index is 15.5. The normalized spacial score (nSPS) is 16.1. The summed E-state index contributed by atoms with van der Waals surface area (Å²) in [5.41, 5.74) is 2.66. The highest BCUT2D eigenvalue weighted by Crippen LogP contribution is 2.32. The van der Waals surface area contributed by atoms with Crippen molar-refractivity contribution >= 4 is 11.8 Å². The van der Waals surface area contributed by atoms with Crippen molar-refractivity contribution in [3.8, 4) is 5.75 Å². The lowest BCUT2D eigenvalue weighted by molar-refractivity contribution is -0.159. The van der Waals surface area contributed by atoms with Crippen LogP contribution in [-0.2, 0) is 28.8 Å². The standard InChI is InChI=1S/C26H26F3N3O4/c1-26(28,29)36-20-9-7-19(8-10-20)22-15-35-13-12-32(22)25-24(27)21(30-16-31-25)11-6-17-2-4-18(5-3-17)14-23(33)34/h2-5,7-10,16,22H,6,11-15H2,1H3,(H,33,34). The van der Waals surface area contributed by atoms with Gasteiger partial charge < -0.3 is 19.5 Å². The molecule has 1 saturated heterocycles. The van der Waals surface area contributed by atoms with Crippen molar-refractivity contribution in [3.63, 3.8) is 0 Å². The summed E-state index contributed by atoms with van der Waals surface area (Å²) < 4.78 is 52.0. The van der Waals surface area contributed by atoms with E-state index in [-0.39, 0.29) is 36.3 Å². The Balaban J connectivity index is 1.49. The maximum Gasteiger partial charge on any atom is 0.394 e. The molecule has 2 heterocycles. The van der Waals surface area contributed by atoms with E-state index in [2.05, 4.69) is 14.7 Å². The molecule has 7 nitrogen and oxygen atoms in total. The second kappa shape index (κ2) is 10.9. The predicted molar refractivity (Wildman–Crippen MR) is 126 cm³/mol. The second-order valence-electron chi connectivity index (χ2n) is 8.61. The number of halogens is 3. The molecule has 3 aromatic rings. The summed E-state index contributed by atoms with van der Waals surface area (Å²) in [6.07, 6.45) is -1.15. The largest absolute Gasteiger partial charge is 0.481 e. The molecule has 0 radical (unpaired) electrons. The molecule has 1 aliphatic heterocycles. The van der Waals surface area contributed by atoms with Gasteiger partial charge in [-0.1, -0.05) is 36.4 Å². The molecule has 1 fully saturated rings. The number of nitrogens with zero attached hydrogens (tertiary/aromatic N) is 3. The van der Waals surface area contributed by atoms with Gasteiger partial charge in [0, 0.05) is 13.5 Å². The van der Waals surface area contributed by atoms with Crippen molar-refractivity contribution in [2.45, 2.75) is 38.3 Å². The lowest BCUT2D eigenvalue weighted by Crippen LogP contribution is -2.40. The number of carboxylic acids is 1. The lowest BCUT2D eigenvalue weighted by atomic mass is 10.0. The number of benzene rings is 2. The van der Waals surface area contributed by atoms with Gasteiger partial charge in [-0.15, -0.1) is 0 Å². The molecule has 190 valence electrons. The summed E-state index contributed by atoms with van der Waals surface area (Å²) in [5, 5.41) is 8.90. The first kappa shape index (κ1) is 25.4. The molecule has 0 saturated carbocycles. The first-order chi connectivity index (χ1) is 17.2. The van der Waals surface area contributed by atoms with E-state index in [9.17, 15) is 13.6 Å². The van der Waals surface area contributed by atoms with E-state index in [0.717, 1.165) is 11.1 Å². The summed E-state index contributed by atoms with van der Waals surface area (Å²) in [5.74, 6) is -1.23. The van der Waals surface area contributed by atoms with Crippen LogP contribution in [0.5, 0.6) is 5.75 Å². The Kier molecular flexibility index (Phi) is 7.73. The highest BCUT2D eigenvalue weighted by Gasteiger charge is 2.29.